The predicted molar refractivity (Wildman–Crippen MR) is 76.6 cm³/mol. The summed E-state index contributed by atoms with van der Waals surface area (Å²) in [6.07, 6.45) is 3.19. The summed E-state index contributed by atoms with van der Waals surface area (Å²) in [6, 6.07) is 10.7. The molecular formula is C13H10ClN3OS. The minimum absolute atomic E-state index is 0.401. The molecule has 0 amide bonds. The summed E-state index contributed by atoms with van der Waals surface area (Å²) in [6.45, 7) is 0. The fourth-order valence-corrected chi connectivity index (χ4v) is 3.36. The summed E-state index contributed by atoms with van der Waals surface area (Å²) in [5.41, 5.74) is 1.39. The van der Waals surface area contributed by atoms with Gasteiger partial charge in [-0.05, 0) is 24.3 Å². The lowest BCUT2D eigenvalue weighted by Gasteiger charge is -2.14. The lowest BCUT2D eigenvalue weighted by molar-refractivity contribution is 0.681. The highest BCUT2D eigenvalue weighted by molar-refractivity contribution is 7.93. The molecule has 4 nitrogen and oxygen atoms in total. The van der Waals surface area contributed by atoms with Crippen LogP contribution >= 0.6 is 11.6 Å². The number of amidine groups is 1. The molecule has 0 fully saturated rings. The number of hydrogen-bond acceptors (Lipinski definition) is 4. The van der Waals surface area contributed by atoms with E-state index < -0.39 is 9.73 Å². The van der Waals surface area contributed by atoms with Crippen molar-refractivity contribution in [2.45, 2.75) is 4.90 Å². The van der Waals surface area contributed by atoms with Crippen LogP contribution in [0.2, 0.25) is 5.15 Å². The van der Waals surface area contributed by atoms with Crippen LogP contribution in [0.15, 0.2) is 56.8 Å². The molecule has 1 unspecified atom stereocenters. The highest BCUT2D eigenvalue weighted by atomic mass is 35.5. The zero-order valence-electron chi connectivity index (χ0n) is 10.1. The first kappa shape index (κ1) is 12.3. The Morgan fingerprint density at radius 2 is 1.95 bits per heavy atom. The number of para-hydroxylation sites is 1. The number of hydrogen-bond donors (Lipinski definition) is 0. The van der Waals surface area contributed by atoms with Gasteiger partial charge in [0, 0.05) is 18.0 Å². The van der Waals surface area contributed by atoms with E-state index in [1.807, 2.05) is 18.2 Å². The van der Waals surface area contributed by atoms with Crippen molar-refractivity contribution in [3.05, 3.63) is 53.3 Å². The van der Waals surface area contributed by atoms with Crippen LogP contribution in [-0.2, 0) is 9.73 Å². The summed E-state index contributed by atoms with van der Waals surface area (Å²) in [5.74, 6) is 0.426. The summed E-state index contributed by atoms with van der Waals surface area (Å²) in [4.78, 5) is 9.09. The first-order valence-electron chi connectivity index (χ1n) is 5.58. The highest BCUT2D eigenvalue weighted by Crippen LogP contribution is 2.30. The molecule has 0 N–H and O–H groups in total. The predicted octanol–water partition coefficient (Wildman–Crippen LogP) is 3.28. The van der Waals surface area contributed by atoms with E-state index >= 15 is 0 Å². The Labute approximate surface area is 116 Å². The largest absolute Gasteiger partial charge is 0.245 e. The highest BCUT2D eigenvalue weighted by Gasteiger charge is 2.19. The van der Waals surface area contributed by atoms with E-state index in [2.05, 4.69) is 14.3 Å². The van der Waals surface area contributed by atoms with Gasteiger partial charge >= 0.3 is 0 Å². The van der Waals surface area contributed by atoms with Crippen molar-refractivity contribution >= 4 is 32.9 Å². The van der Waals surface area contributed by atoms with Gasteiger partial charge < -0.3 is 0 Å². The molecule has 0 bridgehead atoms. The van der Waals surface area contributed by atoms with Crippen LogP contribution in [0, 0.1) is 0 Å². The second-order valence-corrected chi connectivity index (χ2v) is 6.78. The minimum atomic E-state index is -2.47. The normalized spacial score (nSPS) is 21.3. The second kappa shape index (κ2) is 4.43. The maximum atomic E-state index is 12.6. The topological polar surface area (TPSA) is 54.7 Å². The van der Waals surface area contributed by atoms with Crippen LogP contribution in [0.1, 0.15) is 5.56 Å². The van der Waals surface area contributed by atoms with E-state index in [1.165, 1.54) is 0 Å². The van der Waals surface area contributed by atoms with E-state index in [0.29, 0.717) is 27.1 Å². The van der Waals surface area contributed by atoms with Crippen molar-refractivity contribution in [1.82, 2.24) is 4.98 Å². The monoisotopic (exact) mass is 291 g/mol. The van der Waals surface area contributed by atoms with Gasteiger partial charge in [-0.2, -0.15) is 4.36 Å². The minimum Gasteiger partial charge on any atom is -0.245 e. The molecule has 19 heavy (non-hydrogen) atoms. The number of rotatable bonds is 1. The van der Waals surface area contributed by atoms with E-state index in [1.54, 1.807) is 30.7 Å². The summed E-state index contributed by atoms with van der Waals surface area (Å²) < 4.78 is 16.8. The Hall–Kier alpha value is -1.72. The van der Waals surface area contributed by atoms with E-state index in [-0.39, 0.29) is 0 Å². The number of nitrogens with zero attached hydrogens (tertiary/aromatic N) is 3. The molecule has 0 aliphatic carbocycles. The third-order valence-electron chi connectivity index (χ3n) is 2.75. The fourth-order valence-electron chi connectivity index (χ4n) is 1.84. The van der Waals surface area contributed by atoms with Crippen molar-refractivity contribution in [2.24, 2.45) is 9.36 Å². The molecule has 1 atom stereocenters. The van der Waals surface area contributed by atoms with Gasteiger partial charge in [-0.3, -0.25) is 0 Å². The molecule has 0 spiro atoms. The maximum Gasteiger partial charge on any atom is 0.171 e. The van der Waals surface area contributed by atoms with Crippen LogP contribution in [0.5, 0.6) is 0 Å². The molecule has 2 aromatic rings. The van der Waals surface area contributed by atoms with Crippen molar-refractivity contribution in [2.75, 3.05) is 6.26 Å². The Balaban J connectivity index is 2.21. The average molecular weight is 292 g/mol. The van der Waals surface area contributed by atoms with Crippen LogP contribution in [0.3, 0.4) is 0 Å². The molecule has 2 heterocycles. The van der Waals surface area contributed by atoms with Gasteiger partial charge in [-0.1, -0.05) is 23.7 Å². The fraction of sp³-hybridized carbons (Fsp3) is 0.0769. The van der Waals surface area contributed by atoms with Gasteiger partial charge in [0.2, 0.25) is 0 Å². The lowest BCUT2D eigenvalue weighted by atomic mass is 10.2. The molecule has 6 heteroatoms. The van der Waals surface area contributed by atoms with Crippen molar-refractivity contribution < 1.29 is 4.21 Å². The van der Waals surface area contributed by atoms with Crippen LogP contribution < -0.4 is 0 Å². The van der Waals surface area contributed by atoms with Crippen molar-refractivity contribution in [1.29, 1.82) is 0 Å². The molecule has 1 aliphatic heterocycles. The van der Waals surface area contributed by atoms with Gasteiger partial charge in [0.05, 0.1) is 20.3 Å². The zero-order valence-corrected chi connectivity index (χ0v) is 11.6. The molecule has 96 valence electrons. The molecule has 1 aromatic carbocycles. The third kappa shape index (κ3) is 2.27. The first-order chi connectivity index (χ1) is 9.06. The van der Waals surface area contributed by atoms with E-state index in [0.717, 1.165) is 0 Å². The zero-order chi connectivity index (χ0) is 13.5. The number of aliphatic imine (C=N–C) groups is 1. The molecule has 3 rings (SSSR count). The van der Waals surface area contributed by atoms with Gasteiger partial charge in [0.1, 0.15) is 5.15 Å². The molecular weight excluding hydrogens is 282 g/mol. The van der Waals surface area contributed by atoms with Gasteiger partial charge in [0.25, 0.3) is 0 Å². The average Bonchev–Trinajstić information content (AvgIpc) is 2.39. The molecule has 1 aromatic heterocycles. The van der Waals surface area contributed by atoms with E-state index in [9.17, 15) is 4.21 Å². The van der Waals surface area contributed by atoms with Crippen LogP contribution in [0.25, 0.3) is 0 Å². The Kier molecular flexibility index (Phi) is 2.88. The van der Waals surface area contributed by atoms with Crippen molar-refractivity contribution in [3.8, 4) is 0 Å². The summed E-state index contributed by atoms with van der Waals surface area (Å²) >= 11 is 5.75. The van der Waals surface area contributed by atoms with Gasteiger partial charge in [-0.15, -0.1) is 0 Å². The van der Waals surface area contributed by atoms with Crippen molar-refractivity contribution in [3.63, 3.8) is 0 Å². The third-order valence-corrected chi connectivity index (χ3v) is 4.65. The van der Waals surface area contributed by atoms with Crippen LogP contribution in [-0.4, -0.2) is 21.3 Å². The standard InChI is InChI=1S/C13H10ClN3OS/c1-19(18)11-5-3-2-4-10(11)16-13(17-19)9-6-7-12(14)15-8-9/h2-8H,1H3. The number of halogens is 1. The number of pyridine rings is 1. The van der Waals surface area contributed by atoms with Crippen LogP contribution in [0.4, 0.5) is 5.69 Å². The molecule has 0 saturated carbocycles. The van der Waals surface area contributed by atoms with E-state index in [4.69, 9.17) is 11.6 Å². The number of fused-ring (bicyclic) bond motifs is 1. The summed E-state index contributed by atoms with van der Waals surface area (Å²) in [5, 5.41) is 0.401. The Morgan fingerprint density at radius 1 is 1.16 bits per heavy atom. The quantitative estimate of drug-likeness (QED) is 0.757. The Morgan fingerprint density at radius 3 is 2.68 bits per heavy atom. The maximum absolute atomic E-state index is 12.6. The molecule has 0 radical (unpaired) electrons. The lowest BCUT2D eigenvalue weighted by Crippen LogP contribution is -2.09. The molecule has 0 saturated heterocycles. The Bertz CT molecular complexity index is 790. The summed E-state index contributed by atoms with van der Waals surface area (Å²) in [7, 11) is -2.47. The SMILES string of the molecule is CS1(=O)=NC(c2ccc(Cl)nc2)=Nc2ccccc21. The number of benzene rings is 1. The van der Waals surface area contributed by atoms with Gasteiger partial charge in [0.15, 0.2) is 5.84 Å². The number of aromatic nitrogens is 1. The molecule has 1 aliphatic rings. The first-order valence-corrected chi connectivity index (χ1v) is 7.88. The second-order valence-electron chi connectivity index (χ2n) is 4.17. The van der Waals surface area contributed by atoms with Gasteiger partial charge in [-0.25, -0.2) is 14.2 Å². The smallest absolute Gasteiger partial charge is 0.171 e.